The van der Waals surface area contributed by atoms with Gasteiger partial charge in [0.15, 0.2) is 0 Å². The molecule has 1 N–H and O–H groups in total. The van der Waals surface area contributed by atoms with Crippen LogP contribution >= 0.6 is 27.3 Å². The Labute approximate surface area is 123 Å². The molecule has 0 spiro atoms. The van der Waals surface area contributed by atoms with Crippen LogP contribution in [0.1, 0.15) is 56.5 Å². The molecule has 0 aliphatic heterocycles. The molecule has 1 saturated carbocycles. The Morgan fingerprint density at radius 1 is 1.56 bits per heavy atom. The van der Waals surface area contributed by atoms with Crippen LogP contribution in [-0.4, -0.2) is 6.54 Å². The zero-order chi connectivity index (χ0) is 13.3. The first-order valence-electron chi connectivity index (χ1n) is 6.95. The summed E-state index contributed by atoms with van der Waals surface area (Å²) in [6.07, 6.45) is 4.10. The monoisotopic (exact) mass is 329 g/mol. The highest BCUT2D eigenvalue weighted by atomic mass is 79.9. The smallest absolute Gasteiger partial charge is 0.0704 e. The molecule has 1 aliphatic rings. The van der Waals surface area contributed by atoms with Gasteiger partial charge < -0.3 is 5.32 Å². The SMILES string of the molecule is CCNC(c1cc(Br)sc1C)C1CCCC1(C)C. The van der Waals surface area contributed by atoms with Crippen LogP contribution in [-0.2, 0) is 0 Å². The normalized spacial score (nSPS) is 24.4. The van der Waals surface area contributed by atoms with Crippen molar-refractivity contribution in [1.29, 1.82) is 0 Å². The molecule has 1 aliphatic carbocycles. The Hall–Kier alpha value is 0.140. The van der Waals surface area contributed by atoms with Gasteiger partial charge in [-0.2, -0.15) is 0 Å². The minimum Gasteiger partial charge on any atom is -0.310 e. The number of rotatable bonds is 4. The maximum Gasteiger partial charge on any atom is 0.0704 e. The van der Waals surface area contributed by atoms with Gasteiger partial charge in [0.05, 0.1) is 3.79 Å². The van der Waals surface area contributed by atoms with Crippen LogP contribution in [0.5, 0.6) is 0 Å². The second-order valence-electron chi connectivity index (χ2n) is 6.08. The molecule has 1 aromatic heterocycles. The number of hydrogen-bond donors (Lipinski definition) is 1. The second-order valence-corrected chi connectivity index (χ2v) is 8.72. The van der Waals surface area contributed by atoms with Crippen molar-refractivity contribution in [2.45, 2.75) is 53.0 Å². The average molecular weight is 330 g/mol. The number of thiophene rings is 1. The minimum atomic E-state index is 0.466. The van der Waals surface area contributed by atoms with Gasteiger partial charge in [-0.05, 0) is 65.2 Å². The van der Waals surface area contributed by atoms with Gasteiger partial charge in [-0.3, -0.25) is 0 Å². The van der Waals surface area contributed by atoms with E-state index in [0.29, 0.717) is 11.5 Å². The van der Waals surface area contributed by atoms with Crippen LogP contribution in [0.4, 0.5) is 0 Å². The third kappa shape index (κ3) is 2.83. The zero-order valence-electron chi connectivity index (χ0n) is 11.8. The molecule has 0 radical (unpaired) electrons. The minimum absolute atomic E-state index is 0.466. The van der Waals surface area contributed by atoms with E-state index in [1.165, 1.54) is 33.5 Å². The third-order valence-corrected chi connectivity index (χ3v) is 6.00. The van der Waals surface area contributed by atoms with Crippen molar-refractivity contribution in [2.75, 3.05) is 6.54 Å². The quantitative estimate of drug-likeness (QED) is 0.790. The Morgan fingerprint density at radius 2 is 2.28 bits per heavy atom. The van der Waals surface area contributed by atoms with Crippen molar-refractivity contribution in [3.8, 4) is 0 Å². The Balaban J connectivity index is 2.31. The molecule has 1 nitrogen and oxygen atoms in total. The predicted octanol–water partition coefficient (Wildman–Crippen LogP) is 5.30. The summed E-state index contributed by atoms with van der Waals surface area (Å²) in [5, 5.41) is 3.74. The Morgan fingerprint density at radius 3 is 2.72 bits per heavy atom. The summed E-state index contributed by atoms with van der Waals surface area (Å²) in [6.45, 7) is 10.4. The van der Waals surface area contributed by atoms with E-state index in [1.54, 1.807) is 0 Å². The van der Waals surface area contributed by atoms with Gasteiger partial charge in [-0.15, -0.1) is 11.3 Å². The van der Waals surface area contributed by atoms with Crippen LogP contribution < -0.4 is 5.32 Å². The highest BCUT2D eigenvalue weighted by Gasteiger charge is 2.40. The number of halogens is 1. The molecule has 2 unspecified atom stereocenters. The molecule has 0 saturated heterocycles. The highest BCUT2D eigenvalue weighted by molar-refractivity contribution is 9.11. The lowest BCUT2D eigenvalue weighted by Gasteiger charge is -2.35. The van der Waals surface area contributed by atoms with Gasteiger partial charge in [0.1, 0.15) is 0 Å². The Bertz CT molecular complexity index is 411. The van der Waals surface area contributed by atoms with Crippen LogP contribution in [0.3, 0.4) is 0 Å². The summed E-state index contributed by atoms with van der Waals surface area (Å²) >= 11 is 5.49. The van der Waals surface area contributed by atoms with E-state index in [9.17, 15) is 0 Å². The van der Waals surface area contributed by atoms with Crippen molar-refractivity contribution in [2.24, 2.45) is 11.3 Å². The Kier molecular flexibility index (Phi) is 4.56. The van der Waals surface area contributed by atoms with E-state index < -0.39 is 0 Å². The summed E-state index contributed by atoms with van der Waals surface area (Å²) < 4.78 is 1.26. The van der Waals surface area contributed by atoms with E-state index in [1.807, 2.05) is 11.3 Å². The molecule has 0 bridgehead atoms. The number of nitrogens with one attached hydrogen (secondary N) is 1. The summed E-state index contributed by atoms with van der Waals surface area (Å²) in [7, 11) is 0. The summed E-state index contributed by atoms with van der Waals surface area (Å²) in [5.41, 5.74) is 1.97. The maximum absolute atomic E-state index is 3.74. The fraction of sp³-hybridized carbons (Fsp3) is 0.733. The van der Waals surface area contributed by atoms with Gasteiger partial charge in [0, 0.05) is 10.9 Å². The topological polar surface area (TPSA) is 12.0 Å². The summed E-state index contributed by atoms with van der Waals surface area (Å²) in [6, 6.07) is 2.84. The molecule has 2 atom stereocenters. The van der Waals surface area contributed by atoms with Crippen molar-refractivity contribution in [3.63, 3.8) is 0 Å². The van der Waals surface area contributed by atoms with E-state index >= 15 is 0 Å². The lowest BCUT2D eigenvalue weighted by atomic mass is 9.75. The van der Waals surface area contributed by atoms with Crippen molar-refractivity contribution in [3.05, 3.63) is 20.3 Å². The predicted molar refractivity (Wildman–Crippen MR) is 84.3 cm³/mol. The summed E-state index contributed by atoms with van der Waals surface area (Å²) in [4.78, 5) is 1.45. The van der Waals surface area contributed by atoms with E-state index in [-0.39, 0.29) is 0 Å². The fourth-order valence-electron chi connectivity index (χ4n) is 3.43. The molecule has 1 aromatic rings. The third-order valence-electron chi connectivity index (χ3n) is 4.43. The first kappa shape index (κ1) is 14.5. The number of aryl methyl sites for hydroxylation is 1. The molecular weight excluding hydrogens is 306 g/mol. The molecule has 0 amide bonds. The van der Waals surface area contributed by atoms with Gasteiger partial charge in [-0.25, -0.2) is 0 Å². The lowest BCUT2D eigenvalue weighted by molar-refractivity contribution is 0.199. The fourth-order valence-corrected chi connectivity index (χ4v) is 5.18. The van der Waals surface area contributed by atoms with Crippen molar-refractivity contribution in [1.82, 2.24) is 5.32 Å². The van der Waals surface area contributed by atoms with E-state index in [0.717, 1.165) is 12.5 Å². The molecular formula is C15H24BrNS. The van der Waals surface area contributed by atoms with E-state index in [4.69, 9.17) is 0 Å². The first-order chi connectivity index (χ1) is 8.45. The standard InChI is InChI=1S/C15H24BrNS/c1-5-17-14(11-9-13(16)18-10(11)2)12-7-6-8-15(12,3)4/h9,12,14,17H,5-8H2,1-4H3. The van der Waals surface area contributed by atoms with Crippen LogP contribution in [0.2, 0.25) is 0 Å². The molecule has 1 heterocycles. The van der Waals surface area contributed by atoms with Crippen LogP contribution in [0, 0.1) is 18.3 Å². The second kappa shape index (κ2) is 5.64. The van der Waals surface area contributed by atoms with Gasteiger partial charge in [-0.1, -0.05) is 27.2 Å². The van der Waals surface area contributed by atoms with Crippen molar-refractivity contribution >= 4 is 27.3 Å². The molecule has 18 heavy (non-hydrogen) atoms. The molecule has 2 rings (SSSR count). The van der Waals surface area contributed by atoms with Gasteiger partial charge in [0.2, 0.25) is 0 Å². The van der Waals surface area contributed by atoms with Crippen LogP contribution in [0.15, 0.2) is 9.85 Å². The molecule has 102 valence electrons. The average Bonchev–Trinajstić information content (AvgIpc) is 2.78. The molecule has 1 fully saturated rings. The summed E-state index contributed by atoms with van der Waals surface area (Å²) in [5.74, 6) is 0.762. The highest BCUT2D eigenvalue weighted by Crippen LogP contribution is 2.50. The van der Waals surface area contributed by atoms with E-state index in [2.05, 4.69) is 55.0 Å². The van der Waals surface area contributed by atoms with Crippen molar-refractivity contribution < 1.29 is 0 Å². The number of hydrogen-bond acceptors (Lipinski definition) is 2. The lowest BCUT2D eigenvalue weighted by Crippen LogP contribution is -2.34. The van der Waals surface area contributed by atoms with Gasteiger partial charge in [0.25, 0.3) is 0 Å². The zero-order valence-corrected chi connectivity index (χ0v) is 14.2. The largest absolute Gasteiger partial charge is 0.310 e. The van der Waals surface area contributed by atoms with Crippen LogP contribution in [0.25, 0.3) is 0 Å². The maximum atomic E-state index is 3.74. The first-order valence-corrected chi connectivity index (χ1v) is 8.56. The molecule has 0 aromatic carbocycles. The van der Waals surface area contributed by atoms with Gasteiger partial charge >= 0.3 is 0 Å². The molecule has 3 heteroatoms.